The van der Waals surface area contributed by atoms with Gasteiger partial charge < -0.3 is 19.5 Å². The van der Waals surface area contributed by atoms with E-state index in [2.05, 4.69) is 15.6 Å². The van der Waals surface area contributed by atoms with Crippen LogP contribution in [-0.2, 0) is 16.1 Å². The molecular formula is C26H40N2O4. The zero-order chi connectivity index (χ0) is 22.3. The molecule has 3 fully saturated rings. The number of aromatic nitrogens is 2. The van der Waals surface area contributed by atoms with Crippen LogP contribution in [0.4, 0.5) is 0 Å². The summed E-state index contributed by atoms with van der Waals surface area (Å²) in [5, 5.41) is 19.4. The van der Waals surface area contributed by atoms with Gasteiger partial charge in [-0.3, -0.25) is 4.79 Å². The van der Waals surface area contributed by atoms with E-state index in [0.717, 1.165) is 50.3 Å². The van der Waals surface area contributed by atoms with Crippen LogP contribution in [-0.4, -0.2) is 37.9 Å². The van der Waals surface area contributed by atoms with Crippen LogP contribution >= 0.6 is 0 Å². The van der Waals surface area contributed by atoms with Crippen LogP contribution < -0.4 is 0 Å². The van der Waals surface area contributed by atoms with Crippen molar-refractivity contribution >= 4 is 5.97 Å². The molecule has 178 valence electrons. The Kier molecular flexibility index (Phi) is 8.42. The minimum Gasteiger partial charge on any atom is -0.481 e. The number of nitrogens with zero attached hydrogens (tertiary/aromatic N) is 2. The van der Waals surface area contributed by atoms with E-state index in [9.17, 15) is 9.90 Å². The molecule has 1 aliphatic carbocycles. The molecule has 2 saturated heterocycles. The van der Waals surface area contributed by atoms with Crippen molar-refractivity contribution in [1.29, 1.82) is 0 Å². The number of aliphatic hydroxyl groups is 1. The number of carbonyl (C=O) groups is 1. The van der Waals surface area contributed by atoms with Crippen molar-refractivity contribution in [2.45, 2.75) is 108 Å². The maximum Gasteiger partial charge on any atom is 0.303 e. The van der Waals surface area contributed by atoms with Crippen molar-refractivity contribution < 1.29 is 19.7 Å². The molecule has 2 bridgehead atoms. The number of carboxylic acid groups (broad SMARTS) is 1. The third-order valence-corrected chi connectivity index (χ3v) is 7.92. The number of hydrogen-bond acceptors (Lipinski definition) is 4. The number of imidazole rings is 1. The third-order valence-electron chi connectivity index (χ3n) is 7.92. The molecule has 1 aromatic rings. The van der Waals surface area contributed by atoms with E-state index in [1.54, 1.807) is 0 Å². The average Bonchev–Trinajstić information content (AvgIpc) is 3.52. The summed E-state index contributed by atoms with van der Waals surface area (Å²) in [6.07, 6.45) is 22.2. The largest absolute Gasteiger partial charge is 0.481 e. The number of rotatable bonds is 12. The standard InChI is InChI=1S/C26H40N2O4/c29-23(12-7-10-19-8-3-1-4-9-19)22-17-28(18-27-22)16-21-20(24-14-15-25(21)32-24)11-5-2-6-13-26(30)31/h2,5,17-21,23-25,29H,1,3-4,6-16H2,(H,30,31)/t20-,21+,23?,24+,25-/m0/s1. The minimum atomic E-state index is -0.747. The summed E-state index contributed by atoms with van der Waals surface area (Å²) in [5.41, 5.74) is 0.794. The normalized spacial score (nSPS) is 29.2. The molecule has 4 rings (SSSR count). The van der Waals surface area contributed by atoms with Crippen LogP contribution in [0.15, 0.2) is 24.7 Å². The fraction of sp³-hybridized carbons (Fsp3) is 0.769. The Morgan fingerprint density at radius 3 is 2.72 bits per heavy atom. The van der Waals surface area contributed by atoms with Crippen molar-refractivity contribution in [3.63, 3.8) is 0 Å². The summed E-state index contributed by atoms with van der Waals surface area (Å²) >= 11 is 0. The predicted octanol–water partition coefficient (Wildman–Crippen LogP) is 5.27. The van der Waals surface area contributed by atoms with Gasteiger partial charge in [-0.2, -0.15) is 0 Å². The molecule has 0 radical (unpaired) electrons. The number of fused-ring (bicyclic) bond motifs is 2. The first-order valence-corrected chi connectivity index (χ1v) is 12.8. The van der Waals surface area contributed by atoms with Gasteiger partial charge in [0.15, 0.2) is 0 Å². The summed E-state index contributed by atoms with van der Waals surface area (Å²) in [4.78, 5) is 15.2. The number of allylic oxidation sites excluding steroid dienone is 2. The highest BCUT2D eigenvalue weighted by Crippen LogP contribution is 2.46. The molecule has 3 aliphatic rings. The van der Waals surface area contributed by atoms with Crippen LogP contribution in [0, 0.1) is 17.8 Å². The molecule has 0 spiro atoms. The Morgan fingerprint density at radius 1 is 1.16 bits per heavy atom. The van der Waals surface area contributed by atoms with Crippen LogP contribution in [0.25, 0.3) is 0 Å². The number of aliphatic hydroxyl groups excluding tert-OH is 1. The molecule has 2 N–H and O–H groups in total. The lowest BCUT2D eigenvalue weighted by Crippen LogP contribution is -2.30. The van der Waals surface area contributed by atoms with E-state index in [1.807, 2.05) is 18.6 Å². The second kappa shape index (κ2) is 11.5. The van der Waals surface area contributed by atoms with E-state index >= 15 is 0 Å². The second-order valence-corrected chi connectivity index (χ2v) is 10.2. The quantitative estimate of drug-likeness (QED) is 0.429. The molecule has 6 heteroatoms. The Bertz CT molecular complexity index is 755. The molecule has 3 heterocycles. The Labute approximate surface area is 192 Å². The molecule has 0 aromatic carbocycles. The predicted molar refractivity (Wildman–Crippen MR) is 123 cm³/mol. The Balaban J connectivity index is 1.25. The third kappa shape index (κ3) is 6.22. The molecule has 6 nitrogen and oxygen atoms in total. The van der Waals surface area contributed by atoms with Crippen molar-refractivity contribution in [2.24, 2.45) is 17.8 Å². The first-order chi connectivity index (χ1) is 15.6. The second-order valence-electron chi connectivity index (χ2n) is 10.2. The van der Waals surface area contributed by atoms with Gasteiger partial charge in [-0.1, -0.05) is 57.1 Å². The van der Waals surface area contributed by atoms with Crippen LogP contribution in [0.1, 0.15) is 95.3 Å². The maximum atomic E-state index is 10.7. The zero-order valence-electron chi connectivity index (χ0n) is 19.3. The molecule has 0 amide bonds. The Hall–Kier alpha value is -1.66. The minimum absolute atomic E-state index is 0.188. The van der Waals surface area contributed by atoms with Gasteiger partial charge in [-0.05, 0) is 43.9 Å². The SMILES string of the molecule is O=C(O)CCC=CC[C@H]1[C@@H](Cn2cnc(C(O)CCCC3CCCCC3)c2)[C@@H]2CC[C@H]1O2. The fourth-order valence-electron chi connectivity index (χ4n) is 6.14. The van der Waals surface area contributed by atoms with Gasteiger partial charge >= 0.3 is 5.97 Å². The van der Waals surface area contributed by atoms with E-state index in [1.165, 1.54) is 38.5 Å². The van der Waals surface area contributed by atoms with Gasteiger partial charge in [0.1, 0.15) is 0 Å². The smallest absolute Gasteiger partial charge is 0.303 e. The average molecular weight is 445 g/mol. The monoisotopic (exact) mass is 444 g/mol. The van der Waals surface area contributed by atoms with E-state index in [-0.39, 0.29) is 6.42 Å². The molecule has 2 aliphatic heterocycles. The van der Waals surface area contributed by atoms with Crippen LogP contribution in [0.5, 0.6) is 0 Å². The summed E-state index contributed by atoms with van der Waals surface area (Å²) in [6.45, 7) is 0.872. The molecule has 5 atom stereocenters. The van der Waals surface area contributed by atoms with Crippen LogP contribution in [0.2, 0.25) is 0 Å². The van der Waals surface area contributed by atoms with Gasteiger partial charge in [0.05, 0.1) is 30.3 Å². The van der Waals surface area contributed by atoms with Crippen molar-refractivity contribution in [2.75, 3.05) is 0 Å². The van der Waals surface area contributed by atoms with Gasteiger partial charge in [0.2, 0.25) is 0 Å². The Morgan fingerprint density at radius 2 is 1.94 bits per heavy atom. The molecule has 1 saturated carbocycles. The lowest BCUT2D eigenvalue weighted by atomic mass is 9.77. The van der Waals surface area contributed by atoms with Crippen LogP contribution in [0.3, 0.4) is 0 Å². The van der Waals surface area contributed by atoms with Gasteiger partial charge in [0.25, 0.3) is 0 Å². The van der Waals surface area contributed by atoms with E-state index < -0.39 is 12.1 Å². The zero-order valence-corrected chi connectivity index (χ0v) is 19.3. The molecule has 1 aromatic heterocycles. The van der Waals surface area contributed by atoms with Crippen molar-refractivity contribution in [3.8, 4) is 0 Å². The molecule has 32 heavy (non-hydrogen) atoms. The molecular weight excluding hydrogens is 404 g/mol. The summed E-state index contributed by atoms with van der Waals surface area (Å²) in [6, 6.07) is 0. The van der Waals surface area contributed by atoms with Gasteiger partial charge in [0, 0.05) is 25.1 Å². The molecule has 1 unspecified atom stereocenters. The van der Waals surface area contributed by atoms with Crippen molar-refractivity contribution in [1.82, 2.24) is 9.55 Å². The van der Waals surface area contributed by atoms with Gasteiger partial charge in [-0.15, -0.1) is 0 Å². The lowest BCUT2D eigenvalue weighted by Gasteiger charge is -2.27. The first kappa shape index (κ1) is 23.5. The maximum absolute atomic E-state index is 10.7. The number of hydrogen-bond donors (Lipinski definition) is 2. The highest BCUT2D eigenvalue weighted by molar-refractivity contribution is 5.66. The fourth-order valence-corrected chi connectivity index (χ4v) is 6.14. The highest BCUT2D eigenvalue weighted by atomic mass is 16.5. The van der Waals surface area contributed by atoms with E-state index in [0.29, 0.717) is 30.5 Å². The summed E-state index contributed by atoms with van der Waals surface area (Å²) in [7, 11) is 0. The van der Waals surface area contributed by atoms with Gasteiger partial charge in [-0.25, -0.2) is 4.98 Å². The van der Waals surface area contributed by atoms with Crippen molar-refractivity contribution in [3.05, 3.63) is 30.4 Å². The number of carboxylic acids is 1. The summed E-state index contributed by atoms with van der Waals surface area (Å²) < 4.78 is 8.35. The van der Waals surface area contributed by atoms with E-state index in [4.69, 9.17) is 9.84 Å². The first-order valence-electron chi connectivity index (χ1n) is 12.8. The lowest BCUT2D eigenvalue weighted by molar-refractivity contribution is -0.136. The summed E-state index contributed by atoms with van der Waals surface area (Å²) in [5.74, 6) is 1.04. The highest BCUT2D eigenvalue weighted by Gasteiger charge is 2.48. The topological polar surface area (TPSA) is 84.6 Å². The number of aliphatic carboxylic acids is 1. The number of ether oxygens (including phenoxy) is 1.